The van der Waals surface area contributed by atoms with Crippen LogP contribution < -0.4 is 23.7 Å². The molecule has 3 rings (SSSR count). The third-order valence-electron chi connectivity index (χ3n) is 4.29. The Morgan fingerprint density at radius 1 is 1.09 bits per heavy atom. The molecule has 0 atom stereocenters. The van der Waals surface area contributed by atoms with Crippen molar-refractivity contribution in [3.05, 3.63) is 23.4 Å². The first kappa shape index (κ1) is 24.8. The molecule has 0 aliphatic rings. The second kappa shape index (κ2) is 9.54. The van der Waals surface area contributed by atoms with Crippen LogP contribution >= 0.6 is 11.6 Å². The third kappa shape index (κ3) is 4.75. The van der Waals surface area contributed by atoms with Gasteiger partial charge in [0.15, 0.2) is 0 Å². The molecule has 3 N–H and O–H groups in total. The summed E-state index contributed by atoms with van der Waals surface area (Å²) in [7, 11) is -4.65. The Balaban J connectivity index is 2.09. The van der Waals surface area contributed by atoms with Crippen molar-refractivity contribution in [3.63, 3.8) is 0 Å². The molecule has 0 radical (unpaired) electrons. The number of fused-ring (bicyclic) bond motifs is 1. The molecular weight excluding hydrogens is 505 g/mol. The van der Waals surface area contributed by atoms with Crippen molar-refractivity contribution in [1.29, 1.82) is 0 Å². The first-order valence-electron chi connectivity index (χ1n) is 9.04. The van der Waals surface area contributed by atoms with Gasteiger partial charge in [0.25, 0.3) is 21.8 Å². The predicted molar refractivity (Wildman–Crippen MR) is 117 cm³/mol. The van der Waals surface area contributed by atoms with Gasteiger partial charge in [0, 0.05) is 11.6 Å². The monoisotopic (exact) mass is 523 g/mol. The minimum absolute atomic E-state index is 0.0109. The van der Waals surface area contributed by atoms with Crippen molar-refractivity contribution in [2.75, 3.05) is 39.3 Å². The maximum absolute atomic E-state index is 13.1. The van der Waals surface area contributed by atoms with Crippen LogP contribution in [-0.4, -0.2) is 66.3 Å². The Hall–Kier alpha value is -2.88. The summed E-state index contributed by atoms with van der Waals surface area (Å²) in [5.41, 5.74) is -0.0109. The van der Waals surface area contributed by atoms with Gasteiger partial charge in [0.1, 0.15) is 23.1 Å². The lowest BCUT2D eigenvalue weighted by Gasteiger charge is -2.14. The molecule has 0 aliphatic carbocycles. The van der Waals surface area contributed by atoms with Crippen LogP contribution in [0.15, 0.2) is 28.1 Å². The second-order valence-corrected chi connectivity index (χ2v) is 10.1. The Morgan fingerprint density at radius 3 is 2.27 bits per heavy atom. The fourth-order valence-corrected chi connectivity index (χ4v) is 5.42. The van der Waals surface area contributed by atoms with E-state index in [0.717, 1.165) is 6.20 Å². The lowest BCUT2D eigenvalue weighted by Crippen LogP contribution is -2.19. The number of halogens is 2. The normalized spacial score (nSPS) is 12.0. The highest BCUT2D eigenvalue weighted by Gasteiger charge is 2.27. The molecule has 12 nitrogen and oxygen atoms in total. The standard InChI is InChI=1S/C17H19ClFN5O7S2/c1-20-33(27,28)14-10(18)5-4-9-11(8-21-12(9)14)32(25,26)24-17-22-15(29-2)13(31-7-6-19)16(23-17)30-3/h4-5,8,20-21H,6-7H2,1-3H3,(H,22,23,24). The van der Waals surface area contributed by atoms with Gasteiger partial charge in [0.05, 0.1) is 24.8 Å². The topological polar surface area (TPSA) is 162 Å². The molecule has 2 aromatic heterocycles. The molecule has 16 heteroatoms. The highest BCUT2D eigenvalue weighted by Crippen LogP contribution is 2.37. The number of aromatic nitrogens is 3. The van der Waals surface area contributed by atoms with Gasteiger partial charge in [-0.3, -0.25) is 0 Å². The molecule has 0 bridgehead atoms. The van der Waals surface area contributed by atoms with E-state index in [0.29, 0.717) is 0 Å². The van der Waals surface area contributed by atoms with Gasteiger partial charge in [0.2, 0.25) is 21.7 Å². The number of aromatic amines is 1. The Bertz CT molecular complexity index is 1370. The van der Waals surface area contributed by atoms with E-state index in [1.165, 1.54) is 33.4 Å². The first-order chi connectivity index (χ1) is 15.6. The minimum atomic E-state index is -4.33. The number of ether oxygens (including phenoxy) is 3. The van der Waals surface area contributed by atoms with Crippen molar-refractivity contribution in [3.8, 4) is 17.5 Å². The Kier molecular flexibility index (Phi) is 7.16. The molecular formula is C17H19ClFN5O7S2. The van der Waals surface area contributed by atoms with Crippen molar-refractivity contribution < 1.29 is 35.4 Å². The number of hydrogen-bond acceptors (Lipinski definition) is 9. The van der Waals surface area contributed by atoms with Gasteiger partial charge in [-0.05, 0) is 19.2 Å². The van der Waals surface area contributed by atoms with Crippen molar-refractivity contribution in [1.82, 2.24) is 19.7 Å². The zero-order valence-corrected chi connectivity index (χ0v) is 19.9. The number of nitrogens with one attached hydrogen (secondary N) is 3. The summed E-state index contributed by atoms with van der Waals surface area (Å²) in [5, 5.41) is -0.0418. The summed E-state index contributed by atoms with van der Waals surface area (Å²) in [6, 6.07) is 2.62. The van der Waals surface area contributed by atoms with E-state index >= 15 is 0 Å². The number of alkyl halides is 1. The molecule has 0 unspecified atom stereocenters. The van der Waals surface area contributed by atoms with Crippen molar-refractivity contribution in [2.45, 2.75) is 9.79 Å². The number of nitrogens with zero attached hydrogens (tertiary/aromatic N) is 2. The number of hydrogen-bond donors (Lipinski definition) is 3. The molecule has 2 heterocycles. The van der Waals surface area contributed by atoms with E-state index in [1.807, 2.05) is 0 Å². The van der Waals surface area contributed by atoms with E-state index in [4.69, 9.17) is 25.8 Å². The lowest BCUT2D eigenvalue weighted by molar-refractivity contribution is 0.240. The summed E-state index contributed by atoms with van der Waals surface area (Å²) in [6.45, 7) is -1.12. The van der Waals surface area contributed by atoms with Crippen LogP contribution in [0.25, 0.3) is 10.9 Å². The first-order valence-corrected chi connectivity index (χ1v) is 12.4. The molecule has 0 amide bonds. The number of benzene rings is 1. The summed E-state index contributed by atoms with van der Waals surface area (Å²) in [4.78, 5) is 9.89. The van der Waals surface area contributed by atoms with Gasteiger partial charge in [-0.25, -0.2) is 30.7 Å². The molecule has 33 heavy (non-hydrogen) atoms. The molecule has 0 aliphatic heterocycles. The zero-order chi connectivity index (χ0) is 24.4. The largest absolute Gasteiger partial charge is 0.481 e. The molecule has 0 saturated heterocycles. The van der Waals surface area contributed by atoms with E-state index in [9.17, 15) is 21.2 Å². The molecule has 1 aromatic carbocycles. The van der Waals surface area contributed by atoms with E-state index in [2.05, 4.69) is 24.4 Å². The van der Waals surface area contributed by atoms with Gasteiger partial charge >= 0.3 is 0 Å². The second-order valence-electron chi connectivity index (χ2n) is 6.20. The van der Waals surface area contributed by atoms with E-state index < -0.39 is 32.7 Å². The number of methoxy groups -OCH3 is 2. The quantitative estimate of drug-likeness (QED) is 0.359. The number of anilines is 1. The average molecular weight is 524 g/mol. The highest BCUT2D eigenvalue weighted by atomic mass is 35.5. The Labute approximate surface area is 193 Å². The lowest BCUT2D eigenvalue weighted by atomic mass is 10.2. The Morgan fingerprint density at radius 2 is 1.73 bits per heavy atom. The SMILES string of the molecule is CNS(=O)(=O)c1c(Cl)ccc2c(S(=O)(=O)Nc3nc(OC)c(OCCF)c(OC)n3)c[nH]c12. The van der Waals surface area contributed by atoms with E-state index in [1.54, 1.807) is 0 Å². The van der Waals surface area contributed by atoms with Crippen LogP contribution in [-0.2, 0) is 20.0 Å². The smallest absolute Gasteiger partial charge is 0.266 e. The molecule has 3 aromatic rings. The third-order valence-corrected chi connectivity index (χ3v) is 7.58. The maximum atomic E-state index is 13.1. The van der Waals surface area contributed by atoms with Crippen LogP contribution in [0, 0.1) is 0 Å². The summed E-state index contributed by atoms with van der Waals surface area (Å²) in [5.74, 6) is -0.922. The van der Waals surface area contributed by atoms with Crippen molar-refractivity contribution in [2.24, 2.45) is 0 Å². The number of rotatable bonds is 10. The van der Waals surface area contributed by atoms with Gasteiger partial charge in [-0.2, -0.15) is 9.97 Å². The number of H-pyrrole nitrogens is 1. The fraction of sp³-hybridized carbons (Fsp3) is 0.294. The van der Waals surface area contributed by atoms with Crippen LogP contribution in [0.5, 0.6) is 17.5 Å². The van der Waals surface area contributed by atoms with E-state index in [-0.39, 0.29) is 49.8 Å². The molecule has 0 spiro atoms. The van der Waals surface area contributed by atoms with Crippen LogP contribution in [0.3, 0.4) is 0 Å². The summed E-state index contributed by atoms with van der Waals surface area (Å²) in [6.07, 6.45) is 1.10. The zero-order valence-electron chi connectivity index (χ0n) is 17.5. The molecule has 0 fully saturated rings. The van der Waals surface area contributed by atoms with Gasteiger partial charge in [-0.1, -0.05) is 11.6 Å². The highest BCUT2D eigenvalue weighted by molar-refractivity contribution is 7.93. The minimum Gasteiger partial charge on any atom is -0.481 e. The summed E-state index contributed by atoms with van der Waals surface area (Å²) < 4.78 is 83.0. The average Bonchev–Trinajstić information content (AvgIpc) is 3.21. The van der Waals surface area contributed by atoms with Crippen LogP contribution in [0.1, 0.15) is 0 Å². The van der Waals surface area contributed by atoms with Crippen LogP contribution in [0.2, 0.25) is 5.02 Å². The molecule has 0 saturated carbocycles. The van der Waals surface area contributed by atoms with Crippen molar-refractivity contribution >= 4 is 48.5 Å². The van der Waals surface area contributed by atoms with Gasteiger partial charge in [-0.15, -0.1) is 0 Å². The number of sulfonamides is 2. The summed E-state index contributed by atoms with van der Waals surface area (Å²) >= 11 is 6.05. The maximum Gasteiger partial charge on any atom is 0.266 e. The van der Waals surface area contributed by atoms with Crippen LogP contribution in [0.4, 0.5) is 10.3 Å². The predicted octanol–water partition coefficient (Wildman–Crippen LogP) is 1.69. The fourth-order valence-electron chi connectivity index (χ4n) is 2.88. The van der Waals surface area contributed by atoms with Gasteiger partial charge < -0.3 is 19.2 Å². The molecule has 180 valence electrons.